The first-order valence-corrected chi connectivity index (χ1v) is 13.4. The highest BCUT2D eigenvalue weighted by atomic mass is 19.3. The highest BCUT2D eigenvalue weighted by Gasteiger charge is 2.57. The second-order valence-electron chi connectivity index (χ2n) is 9.96. The number of aromatic nitrogens is 3. The molecule has 0 aliphatic carbocycles. The first-order valence-electron chi connectivity index (χ1n) is 13.4. The third-order valence-electron chi connectivity index (χ3n) is 6.88. The van der Waals surface area contributed by atoms with E-state index in [1.54, 1.807) is 30.5 Å². The first-order chi connectivity index (χ1) is 21.2. The number of pyridine rings is 1. The van der Waals surface area contributed by atoms with Gasteiger partial charge in [-0.05, 0) is 59.7 Å². The van der Waals surface area contributed by atoms with Gasteiger partial charge in [-0.2, -0.15) is 13.9 Å². The fourth-order valence-corrected chi connectivity index (χ4v) is 4.48. The summed E-state index contributed by atoms with van der Waals surface area (Å²) in [5.41, 5.74) is 0.238. The molecule has 3 aromatic carbocycles. The minimum absolute atomic E-state index is 0.328. The van der Waals surface area contributed by atoms with Crippen molar-refractivity contribution < 1.29 is 27.4 Å². The Morgan fingerprint density at radius 1 is 0.909 bits per heavy atom. The van der Waals surface area contributed by atoms with Gasteiger partial charge in [-0.15, -0.1) is 0 Å². The smallest absolute Gasteiger partial charge is 0.323 e. The zero-order chi connectivity index (χ0) is 31.2. The van der Waals surface area contributed by atoms with Crippen LogP contribution in [0.15, 0.2) is 104 Å². The summed E-state index contributed by atoms with van der Waals surface area (Å²) >= 11 is 0. The van der Waals surface area contributed by atoms with Crippen LogP contribution in [0.25, 0.3) is 0 Å². The number of aliphatic hydroxyl groups is 1. The number of rotatable bonds is 10. The van der Waals surface area contributed by atoms with Gasteiger partial charge < -0.3 is 9.84 Å². The Morgan fingerprint density at radius 2 is 1.61 bits per heavy atom. The highest BCUT2D eigenvalue weighted by molar-refractivity contribution is 5.44. The van der Waals surface area contributed by atoms with Crippen LogP contribution in [-0.4, -0.2) is 26.4 Å². The molecule has 5 aromatic rings. The van der Waals surface area contributed by atoms with Crippen LogP contribution in [0.4, 0.5) is 17.6 Å². The van der Waals surface area contributed by atoms with Crippen LogP contribution in [-0.2, 0) is 24.7 Å². The maximum absolute atomic E-state index is 15.5. The van der Waals surface area contributed by atoms with Gasteiger partial charge in [-0.1, -0.05) is 42.2 Å². The fraction of sp³-hybridized carbons (Fsp3) is 0.152. The van der Waals surface area contributed by atoms with E-state index in [9.17, 15) is 13.9 Å². The van der Waals surface area contributed by atoms with Gasteiger partial charge in [0.2, 0.25) is 0 Å². The third kappa shape index (κ3) is 6.79. The van der Waals surface area contributed by atoms with E-state index in [1.807, 2.05) is 46.6 Å². The molecule has 0 bridgehead atoms. The van der Waals surface area contributed by atoms with E-state index < -0.39 is 41.0 Å². The van der Waals surface area contributed by atoms with Crippen molar-refractivity contribution in [1.29, 1.82) is 0 Å². The summed E-state index contributed by atoms with van der Waals surface area (Å²) in [7, 11) is 0. The second-order valence-corrected chi connectivity index (χ2v) is 9.96. The third-order valence-corrected chi connectivity index (χ3v) is 6.88. The van der Waals surface area contributed by atoms with E-state index in [1.165, 1.54) is 6.07 Å². The Labute approximate surface area is 250 Å². The number of hydrazine groups is 1. The molecule has 4 N–H and O–H groups in total. The van der Waals surface area contributed by atoms with Gasteiger partial charge in [-0.25, -0.2) is 8.78 Å². The largest absolute Gasteiger partial charge is 0.489 e. The van der Waals surface area contributed by atoms with Gasteiger partial charge in [0.25, 0.3) is 0 Å². The molecule has 0 saturated carbocycles. The van der Waals surface area contributed by atoms with Crippen molar-refractivity contribution in [2.75, 3.05) is 6.54 Å². The molecule has 5 rings (SSSR count). The van der Waals surface area contributed by atoms with E-state index in [4.69, 9.17) is 10.6 Å². The molecule has 2 heterocycles. The van der Waals surface area contributed by atoms with Gasteiger partial charge in [0.05, 0.1) is 6.54 Å². The van der Waals surface area contributed by atoms with Crippen LogP contribution in [0.2, 0.25) is 0 Å². The molecule has 0 amide bonds. The van der Waals surface area contributed by atoms with E-state index in [0.717, 1.165) is 35.5 Å². The van der Waals surface area contributed by atoms with Crippen LogP contribution in [0.5, 0.6) is 5.75 Å². The Kier molecular flexibility index (Phi) is 9.06. The van der Waals surface area contributed by atoms with Crippen molar-refractivity contribution in [2.45, 2.75) is 24.7 Å². The topological polar surface area (TPSA) is 98.2 Å². The summed E-state index contributed by atoms with van der Waals surface area (Å²) in [5, 5.41) is 15.1. The molecule has 0 radical (unpaired) electrons. The molecular weight excluding hydrogens is 574 g/mol. The predicted octanol–water partition coefficient (Wildman–Crippen LogP) is 5.03. The van der Waals surface area contributed by atoms with E-state index in [-0.39, 0.29) is 0 Å². The normalized spacial score (nSPS) is 12.7. The van der Waals surface area contributed by atoms with Gasteiger partial charge in [0.1, 0.15) is 29.7 Å². The zero-order valence-corrected chi connectivity index (χ0v) is 23.2. The maximum Gasteiger partial charge on any atom is 0.323 e. The van der Waals surface area contributed by atoms with Crippen molar-refractivity contribution in [2.24, 2.45) is 5.84 Å². The quantitative estimate of drug-likeness (QED) is 0.0900. The number of hydrogen-bond donors (Lipinski definition) is 3. The lowest BCUT2D eigenvalue weighted by Gasteiger charge is -2.35. The lowest BCUT2D eigenvalue weighted by molar-refractivity contribution is -0.196. The zero-order valence-electron chi connectivity index (χ0n) is 23.2. The second kappa shape index (κ2) is 13.1. The lowest BCUT2D eigenvalue weighted by atomic mass is 9.84. The van der Waals surface area contributed by atoms with Gasteiger partial charge >= 0.3 is 5.92 Å². The molecule has 0 saturated heterocycles. The van der Waals surface area contributed by atoms with Crippen LogP contribution in [0, 0.1) is 23.5 Å². The molecule has 11 heteroatoms. The maximum atomic E-state index is 15.5. The summed E-state index contributed by atoms with van der Waals surface area (Å²) in [6.07, 6.45) is 4.77. The summed E-state index contributed by atoms with van der Waals surface area (Å²) in [5.74, 6) is 5.21. The number of benzene rings is 3. The lowest BCUT2D eigenvalue weighted by Crippen LogP contribution is -2.52. The Morgan fingerprint density at radius 3 is 2.25 bits per heavy atom. The van der Waals surface area contributed by atoms with Gasteiger partial charge in [0.15, 0.2) is 5.60 Å². The van der Waals surface area contributed by atoms with Crippen molar-refractivity contribution in [3.63, 3.8) is 0 Å². The van der Waals surface area contributed by atoms with Gasteiger partial charge in [0, 0.05) is 47.9 Å². The molecule has 0 aliphatic heterocycles. The van der Waals surface area contributed by atoms with E-state index in [2.05, 4.69) is 21.9 Å². The van der Waals surface area contributed by atoms with Crippen LogP contribution < -0.4 is 16.0 Å². The number of nitrogens with zero attached hydrogens (tertiary/aromatic N) is 3. The summed E-state index contributed by atoms with van der Waals surface area (Å²) in [6.45, 7) is 0.141. The molecule has 224 valence electrons. The molecule has 0 fully saturated rings. The molecule has 44 heavy (non-hydrogen) atoms. The summed E-state index contributed by atoms with van der Waals surface area (Å²) in [4.78, 5) is 3.77. The number of alkyl halides is 2. The Hall–Kier alpha value is -5.02. The van der Waals surface area contributed by atoms with Crippen LogP contribution >= 0.6 is 0 Å². The van der Waals surface area contributed by atoms with Crippen molar-refractivity contribution in [1.82, 2.24) is 20.2 Å². The van der Waals surface area contributed by atoms with Crippen molar-refractivity contribution in [3.05, 3.63) is 149 Å². The fourth-order valence-electron chi connectivity index (χ4n) is 4.48. The van der Waals surface area contributed by atoms with E-state index >= 15 is 8.78 Å². The average Bonchev–Trinajstić information content (AvgIpc) is 3.53. The molecule has 2 aromatic heterocycles. The Balaban J connectivity index is 1.21. The molecular formula is C33H27F4N5O2. The molecule has 1 atom stereocenters. The van der Waals surface area contributed by atoms with Crippen LogP contribution in [0.3, 0.4) is 0 Å². The molecule has 7 nitrogen and oxygen atoms in total. The first kappa shape index (κ1) is 30.4. The summed E-state index contributed by atoms with van der Waals surface area (Å²) in [6, 6.07) is 21.2. The van der Waals surface area contributed by atoms with Crippen molar-refractivity contribution >= 4 is 0 Å². The number of halogens is 4. The number of hydrogen-bond acceptors (Lipinski definition) is 6. The predicted molar refractivity (Wildman–Crippen MR) is 155 cm³/mol. The number of nitrogens with one attached hydrogen (secondary N) is 1. The molecule has 0 aliphatic rings. The SMILES string of the molecule is NNCC(O)(c1ccc(F)cc1F)C(F)(F)c1ccc(C#Cc2ccc(OCc3ccc(Cn4cccn4)cc3)cc2)cn1. The minimum Gasteiger partial charge on any atom is -0.489 e. The highest BCUT2D eigenvalue weighted by Crippen LogP contribution is 2.45. The number of nitrogens with two attached hydrogens (primary N) is 1. The van der Waals surface area contributed by atoms with Gasteiger partial charge in [-0.3, -0.25) is 20.9 Å². The molecule has 1 unspecified atom stereocenters. The molecule has 0 spiro atoms. The standard InChI is InChI=1S/C33H27F4N5O2/c34-27-11-14-29(30(35)18-27)32(43,22-40-38)33(36,37)31-15-10-24(19-39-31)3-2-23-8-12-28(13-9-23)44-21-26-6-4-25(5-7-26)20-42-17-1-16-41-42/h1,4-19,40,43H,20-22,38H2. The van der Waals surface area contributed by atoms with Crippen molar-refractivity contribution in [3.8, 4) is 17.6 Å². The monoisotopic (exact) mass is 601 g/mol. The van der Waals surface area contributed by atoms with E-state index in [0.29, 0.717) is 36.1 Å². The Bertz CT molecular complexity index is 1750. The van der Waals surface area contributed by atoms with Crippen LogP contribution in [0.1, 0.15) is 33.5 Å². The number of ether oxygens (including phenoxy) is 1. The average molecular weight is 602 g/mol. The minimum atomic E-state index is -4.11. The summed E-state index contributed by atoms with van der Waals surface area (Å²) < 4.78 is 66.5.